The summed E-state index contributed by atoms with van der Waals surface area (Å²) < 4.78 is 0. The van der Waals surface area contributed by atoms with E-state index in [-0.39, 0.29) is 23.1 Å². The lowest BCUT2D eigenvalue weighted by atomic mass is 9.99. The van der Waals surface area contributed by atoms with E-state index < -0.39 is 0 Å². The van der Waals surface area contributed by atoms with Gasteiger partial charge >= 0.3 is 0 Å². The number of rotatable bonds is 7. The van der Waals surface area contributed by atoms with E-state index in [2.05, 4.69) is 5.32 Å². The van der Waals surface area contributed by atoms with E-state index in [0.29, 0.717) is 11.1 Å². The molecule has 1 rings (SSSR count). The maximum absolute atomic E-state index is 12.5. The lowest BCUT2D eigenvalue weighted by Crippen LogP contribution is -2.40. The Balaban J connectivity index is 2.83. The topological polar surface area (TPSA) is 46.2 Å². The summed E-state index contributed by atoms with van der Waals surface area (Å²) >= 11 is 3.38. The summed E-state index contributed by atoms with van der Waals surface area (Å²) in [5, 5.41) is 2.92. The molecule has 3 nitrogen and oxygen atoms in total. The first-order valence-electron chi connectivity index (χ1n) is 7.23. The van der Waals surface area contributed by atoms with Crippen molar-refractivity contribution in [3.05, 3.63) is 35.4 Å². The highest BCUT2D eigenvalue weighted by atomic mass is 32.2. The van der Waals surface area contributed by atoms with Crippen LogP contribution >= 0.6 is 23.5 Å². The van der Waals surface area contributed by atoms with Crippen LogP contribution < -0.4 is 5.32 Å². The zero-order valence-corrected chi connectivity index (χ0v) is 15.6. The van der Waals surface area contributed by atoms with Crippen LogP contribution in [-0.4, -0.2) is 41.2 Å². The van der Waals surface area contributed by atoms with E-state index in [1.807, 2.05) is 33.3 Å². The molecule has 0 heterocycles. The molecule has 1 amide bonds. The number of thioether (sulfide) groups is 2. The normalized spacial score (nSPS) is 11.5. The van der Waals surface area contributed by atoms with Crippen LogP contribution in [0.1, 0.15) is 41.5 Å². The lowest BCUT2D eigenvalue weighted by molar-refractivity contribution is 0.0914. The Hall–Kier alpha value is -0.940. The molecule has 122 valence electrons. The predicted molar refractivity (Wildman–Crippen MR) is 98.2 cm³/mol. The second-order valence-electron chi connectivity index (χ2n) is 6.25. The van der Waals surface area contributed by atoms with Gasteiger partial charge in [-0.15, -0.1) is 0 Å². The highest BCUT2D eigenvalue weighted by Gasteiger charge is 2.20. The third-order valence-electron chi connectivity index (χ3n) is 3.03. The standard InChI is InChI=1S/C17H25NO2S2/c1-17(2,3)18-16(20)13-8-6-12(7-9-13)15(19)14(10-21-4)11-22-5/h6-9,14H,10-11H2,1-5H3,(H,18,20). The van der Waals surface area contributed by atoms with Gasteiger partial charge in [-0.1, -0.05) is 12.1 Å². The molecular formula is C17H25NO2S2. The average molecular weight is 340 g/mol. The van der Waals surface area contributed by atoms with Crippen molar-refractivity contribution in [2.75, 3.05) is 24.0 Å². The van der Waals surface area contributed by atoms with Crippen molar-refractivity contribution in [3.63, 3.8) is 0 Å². The Morgan fingerprint density at radius 3 is 1.86 bits per heavy atom. The Morgan fingerprint density at radius 1 is 1.00 bits per heavy atom. The van der Waals surface area contributed by atoms with Crippen LogP contribution in [0.3, 0.4) is 0 Å². The van der Waals surface area contributed by atoms with Gasteiger partial charge in [-0.05, 0) is 45.4 Å². The fourth-order valence-electron chi connectivity index (χ4n) is 2.04. The molecule has 0 radical (unpaired) electrons. The highest BCUT2D eigenvalue weighted by Crippen LogP contribution is 2.18. The number of carbonyl (C=O) groups excluding carboxylic acids is 2. The molecule has 1 aromatic rings. The smallest absolute Gasteiger partial charge is 0.251 e. The fraction of sp³-hybridized carbons (Fsp3) is 0.529. The lowest BCUT2D eigenvalue weighted by Gasteiger charge is -2.20. The molecule has 0 aliphatic heterocycles. The van der Waals surface area contributed by atoms with Crippen molar-refractivity contribution in [2.24, 2.45) is 5.92 Å². The molecule has 0 unspecified atom stereocenters. The van der Waals surface area contributed by atoms with Gasteiger partial charge < -0.3 is 5.32 Å². The number of nitrogens with one attached hydrogen (secondary N) is 1. The van der Waals surface area contributed by atoms with Crippen molar-refractivity contribution in [1.29, 1.82) is 0 Å². The number of hydrogen-bond donors (Lipinski definition) is 1. The summed E-state index contributed by atoms with van der Waals surface area (Å²) in [7, 11) is 0. The molecule has 0 spiro atoms. The quantitative estimate of drug-likeness (QED) is 0.769. The van der Waals surface area contributed by atoms with E-state index in [1.54, 1.807) is 47.8 Å². The van der Waals surface area contributed by atoms with Crippen molar-refractivity contribution >= 4 is 35.2 Å². The van der Waals surface area contributed by atoms with Crippen LogP contribution in [0.5, 0.6) is 0 Å². The first-order chi connectivity index (χ1) is 10.3. The maximum Gasteiger partial charge on any atom is 0.251 e. The summed E-state index contributed by atoms with van der Waals surface area (Å²) in [6.07, 6.45) is 4.03. The molecule has 0 saturated heterocycles. The van der Waals surface area contributed by atoms with Crippen LogP contribution in [0, 0.1) is 5.92 Å². The molecule has 0 saturated carbocycles. The summed E-state index contributed by atoms with van der Waals surface area (Å²) in [4.78, 5) is 24.6. The first kappa shape index (κ1) is 19.1. The number of amides is 1. The Kier molecular flexibility index (Phi) is 7.49. The number of ketones is 1. The zero-order chi connectivity index (χ0) is 16.8. The second kappa shape index (κ2) is 8.63. The monoisotopic (exact) mass is 339 g/mol. The van der Waals surface area contributed by atoms with Gasteiger partial charge in [0, 0.05) is 34.1 Å². The van der Waals surface area contributed by atoms with E-state index in [4.69, 9.17) is 0 Å². The molecule has 22 heavy (non-hydrogen) atoms. The Morgan fingerprint density at radius 2 is 1.45 bits per heavy atom. The third-order valence-corrected chi connectivity index (χ3v) is 4.50. The molecule has 1 aromatic carbocycles. The predicted octanol–water partition coefficient (Wildman–Crippen LogP) is 3.74. The Labute approximate surface area is 142 Å². The summed E-state index contributed by atoms with van der Waals surface area (Å²) in [5.74, 6) is 1.72. The van der Waals surface area contributed by atoms with Crippen LogP contribution in [-0.2, 0) is 0 Å². The molecule has 0 bridgehead atoms. The second-order valence-corrected chi connectivity index (χ2v) is 8.07. The SMILES string of the molecule is CSCC(CSC)C(=O)c1ccc(C(=O)NC(C)(C)C)cc1. The molecule has 5 heteroatoms. The van der Waals surface area contributed by atoms with E-state index in [9.17, 15) is 9.59 Å². The number of carbonyl (C=O) groups is 2. The van der Waals surface area contributed by atoms with Crippen LogP contribution in [0.2, 0.25) is 0 Å². The van der Waals surface area contributed by atoms with Crippen molar-refractivity contribution in [2.45, 2.75) is 26.3 Å². The number of benzene rings is 1. The van der Waals surface area contributed by atoms with Crippen LogP contribution in [0.4, 0.5) is 0 Å². The van der Waals surface area contributed by atoms with Gasteiger partial charge in [-0.25, -0.2) is 0 Å². The number of hydrogen-bond acceptors (Lipinski definition) is 4. The van der Waals surface area contributed by atoms with E-state index in [1.165, 1.54) is 0 Å². The van der Waals surface area contributed by atoms with Crippen LogP contribution in [0.15, 0.2) is 24.3 Å². The molecule has 0 fully saturated rings. The molecule has 0 aliphatic carbocycles. The van der Waals surface area contributed by atoms with Crippen molar-refractivity contribution in [1.82, 2.24) is 5.32 Å². The minimum absolute atomic E-state index is 0.0271. The van der Waals surface area contributed by atoms with Gasteiger partial charge in [0.1, 0.15) is 0 Å². The summed E-state index contributed by atoms with van der Waals surface area (Å²) in [5.41, 5.74) is 0.992. The maximum atomic E-state index is 12.5. The van der Waals surface area contributed by atoms with E-state index >= 15 is 0 Å². The van der Waals surface area contributed by atoms with Gasteiger partial charge in [0.2, 0.25) is 0 Å². The largest absolute Gasteiger partial charge is 0.347 e. The number of Topliss-reactive ketones (excluding diaryl/α,β-unsaturated/α-hetero) is 1. The molecular weight excluding hydrogens is 314 g/mol. The molecule has 1 N–H and O–H groups in total. The van der Waals surface area contributed by atoms with Gasteiger partial charge in [0.05, 0.1) is 0 Å². The minimum atomic E-state index is -0.270. The van der Waals surface area contributed by atoms with Gasteiger partial charge in [-0.2, -0.15) is 23.5 Å². The fourth-order valence-corrected chi connectivity index (χ4v) is 3.53. The zero-order valence-electron chi connectivity index (χ0n) is 13.9. The average Bonchev–Trinajstić information content (AvgIpc) is 2.44. The minimum Gasteiger partial charge on any atom is -0.347 e. The third kappa shape index (κ3) is 6.05. The molecule has 0 aliphatic rings. The van der Waals surface area contributed by atoms with Gasteiger partial charge in [0.15, 0.2) is 5.78 Å². The van der Waals surface area contributed by atoms with Crippen molar-refractivity contribution < 1.29 is 9.59 Å². The van der Waals surface area contributed by atoms with Gasteiger partial charge in [-0.3, -0.25) is 9.59 Å². The molecule has 0 atom stereocenters. The van der Waals surface area contributed by atoms with Crippen molar-refractivity contribution in [3.8, 4) is 0 Å². The first-order valence-corrected chi connectivity index (χ1v) is 10.0. The Bertz CT molecular complexity index is 500. The molecule has 0 aromatic heterocycles. The summed E-state index contributed by atoms with van der Waals surface area (Å²) in [6, 6.07) is 6.97. The summed E-state index contributed by atoms with van der Waals surface area (Å²) in [6.45, 7) is 5.83. The highest BCUT2D eigenvalue weighted by molar-refractivity contribution is 7.99. The van der Waals surface area contributed by atoms with E-state index in [0.717, 1.165) is 11.5 Å². The van der Waals surface area contributed by atoms with Gasteiger partial charge in [0.25, 0.3) is 5.91 Å². The van der Waals surface area contributed by atoms with Crippen LogP contribution in [0.25, 0.3) is 0 Å².